The lowest BCUT2D eigenvalue weighted by Gasteiger charge is -2.46. The van der Waals surface area contributed by atoms with Gasteiger partial charge in [0.1, 0.15) is 0 Å². The minimum absolute atomic E-state index is 0.126. The summed E-state index contributed by atoms with van der Waals surface area (Å²) in [5, 5.41) is 0. The number of fused-ring (bicyclic) bond motifs is 3. The van der Waals surface area contributed by atoms with Gasteiger partial charge in [-0.2, -0.15) is 0 Å². The summed E-state index contributed by atoms with van der Waals surface area (Å²) >= 11 is 0. The second-order valence-electron chi connectivity index (χ2n) is 8.13. The Bertz CT molecular complexity index is 851. The van der Waals surface area contributed by atoms with Gasteiger partial charge in [0.25, 0.3) is 0 Å². The van der Waals surface area contributed by atoms with Gasteiger partial charge in [-0.25, -0.2) is 11.7 Å². The first-order chi connectivity index (χ1) is 13.8. The Morgan fingerprint density at radius 3 is 1.41 bits per heavy atom. The first kappa shape index (κ1) is 21.0. The van der Waals surface area contributed by atoms with Crippen LogP contribution in [0.4, 0.5) is 0 Å². The largest absolute Gasteiger partial charge is 0.294 e. The van der Waals surface area contributed by atoms with Gasteiger partial charge in [-0.15, -0.1) is 0 Å². The average molecular weight is 395 g/mol. The van der Waals surface area contributed by atoms with Crippen molar-refractivity contribution in [2.24, 2.45) is 35.4 Å². The molecule has 0 radical (unpaired) electrons. The molecule has 6 N–H and O–H groups in total. The number of carbonyl (C=O) groups is 2. The molecular formula is C23H30N4O2. The van der Waals surface area contributed by atoms with Crippen LogP contribution in [0.1, 0.15) is 38.8 Å². The van der Waals surface area contributed by atoms with Gasteiger partial charge in [-0.1, -0.05) is 76.2 Å². The van der Waals surface area contributed by atoms with E-state index < -0.39 is 5.41 Å². The maximum absolute atomic E-state index is 12.5. The normalized spacial score (nSPS) is 18.0. The number of nitrogens with one attached hydrogen (secondary N) is 2. The average Bonchev–Trinajstić information content (AvgIpc) is 3.07. The standard InChI is InChI=1S/C23H30N4O2/c1-13(21(28)26-24)15(3)23(16(4)14(2)22(29)27-25)19-11-7-5-9-17(19)18-10-6-8-12-20(18)23/h5-16H,24-25H2,1-4H3,(H,26,28)(H,27,29). The van der Waals surface area contributed by atoms with Crippen molar-refractivity contribution >= 4 is 11.8 Å². The minimum atomic E-state index is -0.551. The summed E-state index contributed by atoms with van der Waals surface area (Å²) in [6, 6.07) is 16.5. The molecule has 29 heavy (non-hydrogen) atoms. The molecule has 154 valence electrons. The number of nitrogens with two attached hydrogens (primary N) is 2. The Balaban J connectivity index is 2.32. The van der Waals surface area contributed by atoms with E-state index in [-0.39, 0.29) is 35.5 Å². The highest BCUT2D eigenvalue weighted by molar-refractivity contribution is 5.85. The molecule has 0 aliphatic heterocycles. The van der Waals surface area contributed by atoms with Crippen LogP contribution in [0.15, 0.2) is 48.5 Å². The van der Waals surface area contributed by atoms with Crippen LogP contribution in [-0.4, -0.2) is 11.8 Å². The summed E-state index contributed by atoms with van der Waals surface area (Å²) in [6.07, 6.45) is 0. The Morgan fingerprint density at radius 2 is 1.07 bits per heavy atom. The van der Waals surface area contributed by atoms with E-state index >= 15 is 0 Å². The second kappa shape index (κ2) is 7.97. The molecule has 0 saturated heterocycles. The summed E-state index contributed by atoms with van der Waals surface area (Å²) in [6.45, 7) is 7.92. The molecule has 0 spiro atoms. The van der Waals surface area contributed by atoms with Gasteiger partial charge in [0.15, 0.2) is 0 Å². The number of amides is 2. The zero-order valence-corrected chi connectivity index (χ0v) is 17.4. The van der Waals surface area contributed by atoms with Crippen molar-refractivity contribution in [3.63, 3.8) is 0 Å². The van der Waals surface area contributed by atoms with Crippen molar-refractivity contribution < 1.29 is 9.59 Å². The fourth-order valence-corrected chi connectivity index (χ4v) is 5.20. The molecule has 0 saturated carbocycles. The molecule has 0 bridgehead atoms. The van der Waals surface area contributed by atoms with Crippen molar-refractivity contribution in [2.75, 3.05) is 0 Å². The van der Waals surface area contributed by atoms with Crippen LogP contribution in [0.5, 0.6) is 0 Å². The van der Waals surface area contributed by atoms with Crippen LogP contribution in [0.3, 0.4) is 0 Å². The number of benzene rings is 2. The topological polar surface area (TPSA) is 110 Å². The highest BCUT2D eigenvalue weighted by Crippen LogP contribution is 2.59. The Morgan fingerprint density at radius 1 is 0.724 bits per heavy atom. The van der Waals surface area contributed by atoms with Crippen molar-refractivity contribution in [1.29, 1.82) is 0 Å². The third kappa shape index (κ3) is 3.03. The van der Waals surface area contributed by atoms with Crippen LogP contribution >= 0.6 is 0 Å². The van der Waals surface area contributed by atoms with Gasteiger partial charge in [0.2, 0.25) is 11.8 Å². The molecule has 6 heteroatoms. The van der Waals surface area contributed by atoms with Crippen LogP contribution in [-0.2, 0) is 15.0 Å². The number of carbonyl (C=O) groups excluding carboxylic acids is 2. The van der Waals surface area contributed by atoms with Crippen molar-refractivity contribution in [2.45, 2.75) is 33.1 Å². The molecule has 6 nitrogen and oxygen atoms in total. The van der Waals surface area contributed by atoms with Gasteiger partial charge in [0.05, 0.1) is 0 Å². The third-order valence-corrected chi connectivity index (χ3v) is 7.08. The lowest BCUT2D eigenvalue weighted by Crippen LogP contribution is -2.51. The monoisotopic (exact) mass is 394 g/mol. The molecule has 2 amide bonds. The summed E-state index contributed by atoms with van der Waals surface area (Å²) in [4.78, 5) is 25.0. The van der Waals surface area contributed by atoms with Crippen molar-refractivity contribution in [3.05, 3.63) is 59.7 Å². The molecular weight excluding hydrogens is 364 g/mol. The van der Waals surface area contributed by atoms with E-state index in [0.29, 0.717) is 0 Å². The third-order valence-electron chi connectivity index (χ3n) is 7.08. The summed E-state index contributed by atoms with van der Waals surface area (Å²) < 4.78 is 0. The van der Waals surface area contributed by atoms with Gasteiger partial charge < -0.3 is 0 Å². The molecule has 3 rings (SSSR count). The van der Waals surface area contributed by atoms with Gasteiger partial charge in [0, 0.05) is 17.3 Å². The Kier molecular flexibility index (Phi) is 5.78. The fourth-order valence-electron chi connectivity index (χ4n) is 5.20. The number of hydrogen-bond acceptors (Lipinski definition) is 4. The quantitative estimate of drug-likeness (QED) is 0.343. The molecule has 4 unspecified atom stereocenters. The maximum Gasteiger partial charge on any atom is 0.237 e. The van der Waals surface area contributed by atoms with E-state index in [2.05, 4.69) is 49.0 Å². The van der Waals surface area contributed by atoms with E-state index in [1.54, 1.807) is 0 Å². The highest BCUT2D eigenvalue weighted by Gasteiger charge is 2.54. The Hall–Kier alpha value is -2.70. The zero-order chi connectivity index (χ0) is 21.3. The van der Waals surface area contributed by atoms with E-state index in [9.17, 15) is 9.59 Å². The lowest BCUT2D eigenvalue weighted by molar-refractivity contribution is -0.128. The SMILES string of the molecule is CC(C(=O)NN)C(C)C1(C(C)C(C)C(=O)NN)c2ccccc2-c2ccccc21. The summed E-state index contributed by atoms with van der Waals surface area (Å²) in [5.41, 5.74) is 8.60. The van der Waals surface area contributed by atoms with E-state index in [1.807, 2.05) is 38.1 Å². The van der Waals surface area contributed by atoms with Crippen LogP contribution in [0.25, 0.3) is 11.1 Å². The highest BCUT2D eigenvalue weighted by atomic mass is 16.2. The zero-order valence-electron chi connectivity index (χ0n) is 17.4. The van der Waals surface area contributed by atoms with E-state index in [1.165, 1.54) is 0 Å². The van der Waals surface area contributed by atoms with Gasteiger partial charge in [-0.3, -0.25) is 20.4 Å². The van der Waals surface area contributed by atoms with Crippen LogP contribution < -0.4 is 22.5 Å². The van der Waals surface area contributed by atoms with Crippen molar-refractivity contribution in [3.8, 4) is 11.1 Å². The maximum atomic E-state index is 12.5. The van der Waals surface area contributed by atoms with E-state index in [4.69, 9.17) is 11.7 Å². The molecule has 2 aromatic rings. The molecule has 2 aromatic carbocycles. The first-order valence-corrected chi connectivity index (χ1v) is 10.0. The Labute approximate surface area is 172 Å². The van der Waals surface area contributed by atoms with E-state index in [0.717, 1.165) is 22.3 Å². The van der Waals surface area contributed by atoms with Crippen molar-refractivity contribution in [1.82, 2.24) is 10.9 Å². The molecule has 0 heterocycles. The lowest BCUT2D eigenvalue weighted by atomic mass is 9.56. The smallest absolute Gasteiger partial charge is 0.237 e. The molecule has 1 aliphatic carbocycles. The summed E-state index contributed by atoms with van der Waals surface area (Å²) in [7, 11) is 0. The number of rotatable bonds is 6. The number of hydrogen-bond donors (Lipinski definition) is 4. The second-order valence-corrected chi connectivity index (χ2v) is 8.13. The molecule has 0 fully saturated rings. The molecule has 0 aromatic heterocycles. The van der Waals surface area contributed by atoms with Gasteiger partial charge in [-0.05, 0) is 34.1 Å². The predicted octanol–water partition coefficient (Wildman–Crippen LogP) is 2.48. The first-order valence-electron chi connectivity index (χ1n) is 10.0. The van der Waals surface area contributed by atoms with Gasteiger partial charge >= 0.3 is 0 Å². The molecule has 1 aliphatic rings. The minimum Gasteiger partial charge on any atom is -0.294 e. The van der Waals surface area contributed by atoms with Crippen LogP contribution in [0.2, 0.25) is 0 Å². The predicted molar refractivity (Wildman–Crippen MR) is 114 cm³/mol. The molecule has 4 atom stereocenters. The fraction of sp³-hybridized carbons (Fsp3) is 0.391. The van der Waals surface area contributed by atoms with Crippen LogP contribution in [0, 0.1) is 23.7 Å². The number of hydrazine groups is 2. The summed E-state index contributed by atoms with van der Waals surface area (Å²) in [5.74, 6) is 9.51.